The number of pyridine rings is 1. The predicted octanol–water partition coefficient (Wildman–Crippen LogP) is 1.02. The van der Waals surface area contributed by atoms with Crippen LogP contribution in [-0.4, -0.2) is 21.7 Å². The highest BCUT2D eigenvalue weighted by Crippen LogP contribution is 2.13. The molecule has 2 N–H and O–H groups in total. The van der Waals surface area contributed by atoms with Gasteiger partial charge in [0.05, 0.1) is 0 Å². The van der Waals surface area contributed by atoms with E-state index in [2.05, 4.69) is 15.1 Å². The van der Waals surface area contributed by atoms with E-state index in [1.54, 1.807) is 6.20 Å². The van der Waals surface area contributed by atoms with Crippen molar-refractivity contribution in [3.63, 3.8) is 0 Å². The summed E-state index contributed by atoms with van der Waals surface area (Å²) in [4.78, 5) is 8.34. The number of rotatable bonds is 4. The normalized spacial score (nSPS) is 10.5. The van der Waals surface area contributed by atoms with Crippen LogP contribution in [0.1, 0.15) is 12.2 Å². The van der Waals surface area contributed by atoms with Gasteiger partial charge in [-0.3, -0.25) is 4.98 Å². The van der Waals surface area contributed by atoms with Crippen LogP contribution in [-0.2, 0) is 6.42 Å². The number of nitrogens with zero attached hydrogens (tertiary/aromatic N) is 3. The molecule has 0 amide bonds. The van der Waals surface area contributed by atoms with Crippen LogP contribution >= 0.6 is 0 Å². The molecular formula is C10H12N4O. The summed E-state index contributed by atoms with van der Waals surface area (Å²) in [7, 11) is 0. The largest absolute Gasteiger partial charge is 0.332 e. The van der Waals surface area contributed by atoms with Crippen LogP contribution in [0, 0.1) is 0 Å². The lowest BCUT2D eigenvalue weighted by molar-refractivity contribution is 0.420. The van der Waals surface area contributed by atoms with E-state index in [0.29, 0.717) is 24.0 Å². The number of hydrogen-bond donors (Lipinski definition) is 1. The molecule has 0 saturated carbocycles. The lowest BCUT2D eigenvalue weighted by Crippen LogP contribution is -2.01. The average molecular weight is 204 g/mol. The Bertz CT molecular complexity index is 412. The highest BCUT2D eigenvalue weighted by molar-refractivity contribution is 5.45. The summed E-state index contributed by atoms with van der Waals surface area (Å²) >= 11 is 0. The Morgan fingerprint density at radius 1 is 1.33 bits per heavy atom. The number of aryl methyl sites for hydroxylation is 1. The third-order valence-corrected chi connectivity index (χ3v) is 1.96. The second-order valence-corrected chi connectivity index (χ2v) is 3.12. The highest BCUT2D eigenvalue weighted by atomic mass is 16.5. The minimum atomic E-state index is 0.461. The fourth-order valence-electron chi connectivity index (χ4n) is 1.21. The molecule has 0 saturated heterocycles. The van der Waals surface area contributed by atoms with Gasteiger partial charge in [-0.05, 0) is 25.1 Å². The first-order valence-electron chi connectivity index (χ1n) is 4.84. The van der Waals surface area contributed by atoms with Gasteiger partial charge in [0.2, 0.25) is 0 Å². The molecule has 0 fully saturated rings. The van der Waals surface area contributed by atoms with Crippen molar-refractivity contribution in [2.45, 2.75) is 12.8 Å². The van der Waals surface area contributed by atoms with E-state index >= 15 is 0 Å². The molecule has 2 aromatic rings. The number of aromatic nitrogens is 3. The van der Waals surface area contributed by atoms with Gasteiger partial charge in [0.25, 0.3) is 5.89 Å². The molecule has 0 radical (unpaired) electrons. The molecule has 78 valence electrons. The van der Waals surface area contributed by atoms with Crippen molar-refractivity contribution in [3.8, 4) is 11.6 Å². The Balaban J connectivity index is 2.14. The monoisotopic (exact) mass is 204 g/mol. The lowest BCUT2D eigenvalue weighted by Gasteiger charge is -1.90. The fraction of sp³-hybridized carbons (Fsp3) is 0.300. The Morgan fingerprint density at radius 3 is 3.00 bits per heavy atom. The number of nitrogens with two attached hydrogens (primary N) is 1. The van der Waals surface area contributed by atoms with Gasteiger partial charge in [-0.2, -0.15) is 4.98 Å². The van der Waals surface area contributed by atoms with Crippen LogP contribution in [0.2, 0.25) is 0 Å². The van der Waals surface area contributed by atoms with E-state index in [4.69, 9.17) is 10.3 Å². The second kappa shape index (κ2) is 4.65. The summed E-state index contributed by atoms with van der Waals surface area (Å²) in [6.45, 7) is 0.632. The predicted molar refractivity (Wildman–Crippen MR) is 54.9 cm³/mol. The van der Waals surface area contributed by atoms with Gasteiger partial charge in [0, 0.05) is 12.6 Å². The van der Waals surface area contributed by atoms with Crippen molar-refractivity contribution in [2.75, 3.05) is 6.54 Å². The Kier molecular flexibility index (Phi) is 3.04. The average Bonchev–Trinajstić information content (AvgIpc) is 2.76. The maximum absolute atomic E-state index is 5.40. The molecule has 0 bridgehead atoms. The first-order chi connectivity index (χ1) is 7.40. The minimum absolute atomic E-state index is 0.461. The van der Waals surface area contributed by atoms with Crippen molar-refractivity contribution in [1.29, 1.82) is 0 Å². The topological polar surface area (TPSA) is 77.8 Å². The summed E-state index contributed by atoms with van der Waals surface area (Å²) in [6, 6.07) is 5.56. The Labute approximate surface area is 87.3 Å². The standard InChI is InChI=1S/C10H12N4O/c11-6-3-5-9-13-10(15-14-9)8-4-1-2-7-12-8/h1-2,4,7H,3,5-6,11H2. The highest BCUT2D eigenvalue weighted by Gasteiger charge is 2.08. The van der Waals surface area contributed by atoms with Crippen LogP contribution in [0.25, 0.3) is 11.6 Å². The maximum Gasteiger partial charge on any atom is 0.276 e. The van der Waals surface area contributed by atoms with Crippen molar-refractivity contribution in [1.82, 2.24) is 15.1 Å². The van der Waals surface area contributed by atoms with Gasteiger partial charge >= 0.3 is 0 Å². The van der Waals surface area contributed by atoms with E-state index in [1.807, 2.05) is 18.2 Å². The Morgan fingerprint density at radius 2 is 2.27 bits per heavy atom. The zero-order valence-corrected chi connectivity index (χ0v) is 8.26. The van der Waals surface area contributed by atoms with Crippen molar-refractivity contribution in [2.24, 2.45) is 5.73 Å². The van der Waals surface area contributed by atoms with Gasteiger partial charge in [-0.15, -0.1) is 0 Å². The molecule has 2 heterocycles. The van der Waals surface area contributed by atoms with E-state index in [1.165, 1.54) is 0 Å². The molecule has 0 spiro atoms. The van der Waals surface area contributed by atoms with Crippen LogP contribution < -0.4 is 5.73 Å². The van der Waals surface area contributed by atoms with Crippen LogP contribution in [0.4, 0.5) is 0 Å². The molecular weight excluding hydrogens is 192 g/mol. The van der Waals surface area contributed by atoms with Gasteiger partial charge in [-0.25, -0.2) is 0 Å². The summed E-state index contributed by atoms with van der Waals surface area (Å²) in [5.41, 5.74) is 6.09. The van der Waals surface area contributed by atoms with Crippen LogP contribution in [0.3, 0.4) is 0 Å². The molecule has 2 rings (SSSR count). The van der Waals surface area contributed by atoms with Gasteiger partial charge in [0.15, 0.2) is 5.82 Å². The second-order valence-electron chi connectivity index (χ2n) is 3.12. The van der Waals surface area contributed by atoms with Gasteiger partial charge in [-0.1, -0.05) is 11.2 Å². The fourth-order valence-corrected chi connectivity index (χ4v) is 1.21. The van der Waals surface area contributed by atoms with E-state index in [-0.39, 0.29) is 0 Å². The molecule has 5 heteroatoms. The number of hydrogen-bond acceptors (Lipinski definition) is 5. The molecule has 0 aliphatic heterocycles. The van der Waals surface area contributed by atoms with Crippen molar-refractivity contribution < 1.29 is 4.52 Å². The van der Waals surface area contributed by atoms with E-state index in [9.17, 15) is 0 Å². The van der Waals surface area contributed by atoms with Crippen molar-refractivity contribution in [3.05, 3.63) is 30.2 Å². The first-order valence-corrected chi connectivity index (χ1v) is 4.84. The van der Waals surface area contributed by atoms with E-state index in [0.717, 1.165) is 12.8 Å². The summed E-state index contributed by atoms with van der Waals surface area (Å²) < 4.78 is 5.08. The van der Waals surface area contributed by atoms with Gasteiger partial charge in [0.1, 0.15) is 5.69 Å². The SMILES string of the molecule is NCCCc1noc(-c2ccccn2)n1. The molecule has 5 nitrogen and oxygen atoms in total. The molecule has 0 aliphatic carbocycles. The summed E-state index contributed by atoms with van der Waals surface area (Å²) in [5, 5.41) is 3.85. The minimum Gasteiger partial charge on any atom is -0.332 e. The third kappa shape index (κ3) is 2.38. The van der Waals surface area contributed by atoms with Crippen molar-refractivity contribution >= 4 is 0 Å². The molecule has 0 unspecified atom stereocenters. The summed E-state index contributed by atoms with van der Waals surface area (Å²) in [6.07, 6.45) is 3.30. The van der Waals surface area contributed by atoms with E-state index < -0.39 is 0 Å². The first kappa shape index (κ1) is 9.79. The maximum atomic E-state index is 5.40. The van der Waals surface area contributed by atoms with Crippen LogP contribution in [0.15, 0.2) is 28.9 Å². The molecule has 0 atom stereocenters. The van der Waals surface area contributed by atoms with Crippen LogP contribution in [0.5, 0.6) is 0 Å². The molecule has 15 heavy (non-hydrogen) atoms. The smallest absolute Gasteiger partial charge is 0.276 e. The molecule has 0 aliphatic rings. The summed E-state index contributed by atoms with van der Waals surface area (Å²) in [5.74, 6) is 1.14. The molecule has 0 aromatic carbocycles. The van der Waals surface area contributed by atoms with Gasteiger partial charge < -0.3 is 10.3 Å². The third-order valence-electron chi connectivity index (χ3n) is 1.96. The zero-order valence-electron chi connectivity index (χ0n) is 8.26. The Hall–Kier alpha value is -1.75. The molecule has 2 aromatic heterocycles. The quantitative estimate of drug-likeness (QED) is 0.804. The zero-order chi connectivity index (χ0) is 10.5. The lowest BCUT2D eigenvalue weighted by atomic mass is 10.3.